The fourth-order valence-electron chi connectivity index (χ4n) is 6.40. The maximum absolute atomic E-state index is 13.3. The van der Waals surface area contributed by atoms with E-state index < -0.39 is 11.5 Å². The van der Waals surface area contributed by atoms with Gasteiger partial charge in [0.2, 0.25) is 11.8 Å². The van der Waals surface area contributed by atoms with Crippen LogP contribution in [-0.2, 0) is 16.0 Å². The van der Waals surface area contributed by atoms with Gasteiger partial charge in [-0.3, -0.25) is 9.59 Å². The first-order chi connectivity index (χ1) is 17.6. The smallest absolute Gasteiger partial charge is 0.226 e. The summed E-state index contributed by atoms with van der Waals surface area (Å²) in [6.07, 6.45) is 4.73. The summed E-state index contributed by atoms with van der Waals surface area (Å²) in [5.41, 5.74) is 0.254. The average Bonchev–Trinajstić information content (AvgIpc) is 3.25. The van der Waals surface area contributed by atoms with Crippen molar-refractivity contribution in [3.8, 4) is 5.75 Å². The molecule has 0 radical (unpaired) electrons. The number of hydrogen-bond acceptors (Lipinski definition) is 7. The third kappa shape index (κ3) is 5.54. The van der Waals surface area contributed by atoms with E-state index in [9.17, 15) is 24.9 Å². The van der Waals surface area contributed by atoms with Crippen molar-refractivity contribution in [3.05, 3.63) is 34.8 Å². The molecule has 1 aromatic carbocycles. The third-order valence-corrected chi connectivity index (χ3v) is 9.68. The van der Waals surface area contributed by atoms with E-state index in [1.54, 1.807) is 18.2 Å². The number of unbranched alkanes of at least 4 members (excludes halogenated alkanes) is 2. The molecular weight excluding hydrogens is 490 g/mol. The Morgan fingerprint density at radius 1 is 1.19 bits per heavy atom. The molecule has 2 aliphatic carbocycles. The van der Waals surface area contributed by atoms with E-state index in [4.69, 9.17) is 4.98 Å². The normalized spacial score (nSPS) is 28.7. The Morgan fingerprint density at radius 3 is 2.68 bits per heavy atom. The Hall–Kier alpha value is -2.49. The molecule has 1 heterocycles. The van der Waals surface area contributed by atoms with E-state index >= 15 is 0 Å². The highest BCUT2D eigenvalue weighted by Gasteiger charge is 2.59. The first kappa shape index (κ1) is 27.5. The van der Waals surface area contributed by atoms with Crippen LogP contribution >= 0.6 is 11.3 Å². The van der Waals surface area contributed by atoms with Crippen molar-refractivity contribution >= 4 is 34.0 Å². The standard InChI is InChI=1S/C28H39N3O5S/c1-4-5-6-10-23(35)30-26-31-25-19(14-24(36)29-17-8-7-9-18(33)13-17)27(2)12-11-22(34)28(3,16-32)21(27)15-20(25)37-26/h7-9,13,19,21-22,32-34H,4-6,10-12,14-16H2,1-3H3,(H,29,36)(H,30,31,35). The van der Waals surface area contributed by atoms with Crippen LogP contribution in [0.1, 0.15) is 82.2 Å². The summed E-state index contributed by atoms with van der Waals surface area (Å²) in [7, 11) is 0. The summed E-state index contributed by atoms with van der Waals surface area (Å²) in [4.78, 5) is 31.6. The lowest BCUT2D eigenvalue weighted by Crippen LogP contribution is -2.57. The Morgan fingerprint density at radius 2 is 1.97 bits per heavy atom. The van der Waals surface area contributed by atoms with E-state index in [0.717, 1.165) is 29.8 Å². The van der Waals surface area contributed by atoms with E-state index in [1.807, 2.05) is 6.92 Å². The fourth-order valence-corrected chi connectivity index (χ4v) is 7.48. The number of aromatic nitrogens is 1. The molecule has 8 nitrogen and oxygen atoms in total. The number of aliphatic hydroxyl groups excluding tert-OH is 2. The number of rotatable bonds is 9. The van der Waals surface area contributed by atoms with Gasteiger partial charge in [-0.1, -0.05) is 39.7 Å². The number of thiazole rings is 1. The fraction of sp³-hybridized carbons (Fsp3) is 0.607. The molecule has 9 heteroatoms. The molecule has 5 N–H and O–H groups in total. The molecule has 1 fully saturated rings. The summed E-state index contributed by atoms with van der Waals surface area (Å²) < 4.78 is 0. The Kier molecular flexibility index (Phi) is 8.26. The number of aliphatic hydroxyl groups is 2. The number of nitrogens with one attached hydrogen (secondary N) is 2. The lowest BCUT2D eigenvalue weighted by molar-refractivity contribution is -0.143. The highest BCUT2D eigenvalue weighted by molar-refractivity contribution is 7.15. The zero-order chi connectivity index (χ0) is 26.8. The average molecular weight is 530 g/mol. The molecule has 0 saturated heterocycles. The predicted octanol–water partition coefficient (Wildman–Crippen LogP) is 4.81. The van der Waals surface area contributed by atoms with Gasteiger partial charge in [-0.05, 0) is 49.1 Å². The topological polar surface area (TPSA) is 132 Å². The van der Waals surface area contributed by atoms with Gasteiger partial charge in [0.05, 0.1) is 18.4 Å². The molecule has 5 atom stereocenters. The summed E-state index contributed by atoms with van der Waals surface area (Å²) >= 11 is 1.44. The molecule has 37 heavy (non-hydrogen) atoms. The number of amides is 2. The molecule has 2 aromatic rings. The molecule has 1 saturated carbocycles. The van der Waals surface area contributed by atoms with Crippen molar-refractivity contribution in [3.63, 3.8) is 0 Å². The number of carbonyl (C=O) groups is 2. The van der Waals surface area contributed by atoms with Crippen LogP contribution in [0.2, 0.25) is 0 Å². The van der Waals surface area contributed by atoms with E-state index in [2.05, 4.69) is 24.5 Å². The quantitative estimate of drug-likeness (QED) is 0.296. The van der Waals surface area contributed by atoms with Crippen LogP contribution in [0, 0.1) is 16.7 Å². The maximum atomic E-state index is 13.3. The van der Waals surface area contributed by atoms with Crippen LogP contribution in [0.4, 0.5) is 10.8 Å². The Labute approximate surface area is 222 Å². The molecule has 5 unspecified atom stereocenters. The van der Waals surface area contributed by atoms with Gasteiger partial charge in [-0.2, -0.15) is 0 Å². The highest BCUT2D eigenvalue weighted by atomic mass is 32.1. The number of hydrogen-bond donors (Lipinski definition) is 5. The summed E-state index contributed by atoms with van der Waals surface area (Å²) in [6.45, 7) is 6.04. The number of phenolic OH excluding ortho intramolecular Hbond substituents is 1. The number of nitrogens with zero attached hydrogens (tertiary/aromatic N) is 1. The summed E-state index contributed by atoms with van der Waals surface area (Å²) in [5.74, 6) is -0.494. The minimum Gasteiger partial charge on any atom is -0.508 e. The largest absolute Gasteiger partial charge is 0.508 e. The molecule has 1 aromatic heterocycles. The highest BCUT2D eigenvalue weighted by Crippen LogP contribution is 2.62. The van der Waals surface area contributed by atoms with Gasteiger partial charge >= 0.3 is 0 Å². The van der Waals surface area contributed by atoms with Crippen LogP contribution in [0.3, 0.4) is 0 Å². The molecular formula is C28H39N3O5S. The van der Waals surface area contributed by atoms with Crippen LogP contribution in [-0.4, -0.2) is 44.8 Å². The molecule has 2 amide bonds. The molecule has 202 valence electrons. The van der Waals surface area contributed by atoms with Gasteiger partial charge in [0.15, 0.2) is 5.13 Å². The van der Waals surface area contributed by atoms with Crippen molar-refractivity contribution in [2.24, 2.45) is 16.7 Å². The second-order valence-corrected chi connectivity index (χ2v) is 12.3. The predicted molar refractivity (Wildman–Crippen MR) is 145 cm³/mol. The Balaban J connectivity index is 1.65. The molecule has 4 rings (SSSR count). The monoisotopic (exact) mass is 529 g/mol. The lowest BCUT2D eigenvalue weighted by atomic mass is 9.47. The minimum atomic E-state index is -0.710. The minimum absolute atomic E-state index is 0.0584. The van der Waals surface area contributed by atoms with Crippen molar-refractivity contribution < 1.29 is 24.9 Å². The van der Waals surface area contributed by atoms with E-state index in [0.29, 0.717) is 36.5 Å². The van der Waals surface area contributed by atoms with Crippen LogP contribution < -0.4 is 10.6 Å². The summed E-state index contributed by atoms with van der Waals surface area (Å²) in [6, 6.07) is 6.45. The van der Waals surface area contributed by atoms with Gasteiger partial charge in [-0.25, -0.2) is 4.98 Å². The first-order valence-corrected chi connectivity index (χ1v) is 14.1. The van der Waals surface area contributed by atoms with Crippen LogP contribution in [0.5, 0.6) is 5.75 Å². The van der Waals surface area contributed by atoms with Crippen molar-refractivity contribution in [2.45, 2.75) is 84.2 Å². The number of benzene rings is 1. The molecule has 0 aliphatic heterocycles. The molecule has 0 spiro atoms. The number of aromatic hydroxyl groups is 1. The number of anilines is 2. The molecule has 2 aliphatic rings. The van der Waals surface area contributed by atoms with Gasteiger partial charge in [0, 0.05) is 40.8 Å². The zero-order valence-electron chi connectivity index (χ0n) is 21.9. The van der Waals surface area contributed by atoms with Crippen LogP contribution in [0.25, 0.3) is 0 Å². The van der Waals surface area contributed by atoms with Crippen molar-refractivity contribution in [1.82, 2.24) is 4.98 Å². The molecule has 0 bridgehead atoms. The van der Waals surface area contributed by atoms with Gasteiger partial charge in [0.25, 0.3) is 0 Å². The first-order valence-electron chi connectivity index (χ1n) is 13.3. The zero-order valence-corrected chi connectivity index (χ0v) is 22.7. The SMILES string of the molecule is CCCCCC(=O)Nc1nc2c(s1)CC1C(C)(CO)C(O)CCC1(C)C2CC(=O)Nc1cccc(O)c1. The number of fused-ring (bicyclic) bond motifs is 2. The third-order valence-electron chi connectivity index (χ3n) is 8.67. The van der Waals surface area contributed by atoms with Crippen molar-refractivity contribution in [2.75, 3.05) is 17.2 Å². The number of carbonyl (C=O) groups excluding carboxylic acids is 2. The van der Waals surface area contributed by atoms with Crippen LogP contribution in [0.15, 0.2) is 24.3 Å². The van der Waals surface area contributed by atoms with Gasteiger partial charge < -0.3 is 26.0 Å². The maximum Gasteiger partial charge on any atom is 0.226 e. The second kappa shape index (κ2) is 11.1. The summed E-state index contributed by atoms with van der Waals surface area (Å²) in [5, 5.41) is 37.5. The van der Waals surface area contributed by atoms with E-state index in [-0.39, 0.29) is 47.8 Å². The van der Waals surface area contributed by atoms with E-state index in [1.165, 1.54) is 17.4 Å². The Bertz CT molecular complexity index is 1140. The lowest BCUT2D eigenvalue weighted by Gasteiger charge is -2.58. The van der Waals surface area contributed by atoms with Gasteiger partial charge in [-0.15, -0.1) is 11.3 Å². The van der Waals surface area contributed by atoms with Gasteiger partial charge in [0.1, 0.15) is 5.75 Å². The number of phenols is 1. The van der Waals surface area contributed by atoms with Crippen molar-refractivity contribution in [1.29, 1.82) is 0 Å². The second-order valence-electron chi connectivity index (χ2n) is 11.2.